The molecule has 2 heterocycles. The minimum Gasteiger partial charge on any atom is -0.387 e. The van der Waals surface area contributed by atoms with Crippen molar-refractivity contribution >= 4 is 22.7 Å². The Balaban J connectivity index is 1.54. The molecule has 6 heteroatoms. The Morgan fingerprint density at radius 1 is 1.27 bits per heavy atom. The molecule has 1 aromatic carbocycles. The molecule has 0 bridgehead atoms. The van der Waals surface area contributed by atoms with Crippen LogP contribution < -0.4 is 5.32 Å². The van der Waals surface area contributed by atoms with Gasteiger partial charge in [-0.25, -0.2) is 9.37 Å². The van der Waals surface area contributed by atoms with Gasteiger partial charge in [-0.05, 0) is 17.5 Å². The highest BCUT2D eigenvalue weighted by Gasteiger charge is 2.12. The molecule has 0 fully saturated rings. The molecule has 1 unspecified atom stereocenters. The van der Waals surface area contributed by atoms with E-state index >= 15 is 0 Å². The highest BCUT2D eigenvalue weighted by Crippen LogP contribution is 2.26. The van der Waals surface area contributed by atoms with Crippen molar-refractivity contribution in [2.75, 3.05) is 6.54 Å². The summed E-state index contributed by atoms with van der Waals surface area (Å²) in [5.41, 5.74) is 1.45. The molecule has 0 aliphatic heterocycles. The maximum absolute atomic E-state index is 13.6. The van der Waals surface area contributed by atoms with Crippen molar-refractivity contribution in [1.29, 1.82) is 0 Å². The first-order chi connectivity index (χ1) is 10.7. The summed E-state index contributed by atoms with van der Waals surface area (Å²) in [6, 6.07) is 8.33. The van der Waals surface area contributed by atoms with E-state index in [1.165, 1.54) is 6.07 Å². The summed E-state index contributed by atoms with van der Waals surface area (Å²) in [7, 11) is 0. The minimum atomic E-state index is -0.856. The van der Waals surface area contributed by atoms with Crippen LogP contribution in [0.3, 0.4) is 0 Å². The van der Waals surface area contributed by atoms with Crippen molar-refractivity contribution in [3.63, 3.8) is 0 Å². The van der Waals surface area contributed by atoms with Crippen LogP contribution in [0.5, 0.6) is 0 Å². The van der Waals surface area contributed by atoms with Gasteiger partial charge in [0, 0.05) is 40.7 Å². The predicted octanol–water partition coefficient (Wildman–Crippen LogP) is 3.83. The molecule has 0 amide bonds. The lowest BCUT2D eigenvalue weighted by atomic mass is 10.1. The van der Waals surface area contributed by atoms with Crippen LogP contribution in [0.2, 0.25) is 0 Å². The average molecular weight is 334 g/mol. The van der Waals surface area contributed by atoms with E-state index in [1.54, 1.807) is 40.9 Å². The smallest absolute Gasteiger partial charge is 0.129 e. The molecule has 0 saturated heterocycles. The Morgan fingerprint density at radius 3 is 2.91 bits per heavy atom. The second-order valence-corrected chi connectivity index (χ2v) is 6.71. The zero-order chi connectivity index (χ0) is 15.4. The SMILES string of the molecule is OC(CNCc1cnc(-c2ccsc2)s1)c1ccccc1F. The van der Waals surface area contributed by atoms with E-state index in [1.807, 2.05) is 17.6 Å². The standard InChI is InChI=1S/C16H15FN2OS2/c17-14-4-2-1-3-13(14)15(20)9-18-7-12-8-19-16(22-12)11-5-6-21-10-11/h1-6,8,10,15,18,20H,7,9H2. The van der Waals surface area contributed by atoms with Crippen molar-refractivity contribution in [3.8, 4) is 10.6 Å². The van der Waals surface area contributed by atoms with E-state index in [2.05, 4.69) is 15.7 Å². The number of rotatable bonds is 6. The second-order valence-electron chi connectivity index (χ2n) is 4.81. The summed E-state index contributed by atoms with van der Waals surface area (Å²) in [5.74, 6) is -0.380. The number of nitrogens with zero attached hydrogens (tertiary/aromatic N) is 1. The van der Waals surface area contributed by atoms with Gasteiger partial charge in [0.15, 0.2) is 0 Å². The van der Waals surface area contributed by atoms with Crippen LogP contribution in [-0.4, -0.2) is 16.6 Å². The number of hydrogen-bond donors (Lipinski definition) is 2. The summed E-state index contributed by atoms with van der Waals surface area (Å²) < 4.78 is 13.6. The maximum atomic E-state index is 13.6. The quantitative estimate of drug-likeness (QED) is 0.720. The van der Waals surface area contributed by atoms with Crippen molar-refractivity contribution < 1.29 is 9.50 Å². The van der Waals surface area contributed by atoms with Crippen molar-refractivity contribution in [1.82, 2.24) is 10.3 Å². The molecule has 114 valence electrons. The van der Waals surface area contributed by atoms with E-state index < -0.39 is 6.10 Å². The van der Waals surface area contributed by atoms with E-state index in [9.17, 15) is 9.50 Å². The Bertz CT molecular complexity index is 727. The monoisotopic (exact) mass is 334 g/mol. The van der Waals surface area contributed by atoms with E-state index in [0.717, 1.165) is 15.4 Å². The van der Waals surface area contributed by atoms with Crippen LogP contribution in [0.25, 0.3) is 10.6 Å². The van der Waals surface area contributed by atoms with Gasteiger partial charge in [-0.3, -0.25) is 0 Å². The molecule has 1 atom stereocenters. The number of hydrogen-bond acceptors (Lipinski definition) is 5. The van der Waals surface area contributed by atoms with Gasteiger partial charge in [-0.15, -0.1) is 11.3 Å². The number of thiophene rings is 1. The van der Waals surface area contributed by atoms with Gasteiger partial charge >= 0.3 is 0 Å². The second kappa shape index (κ2) is 7.11. The van der Waals surface area contributed by atoms with E-state index in [0.29, 0.717) is 18.7 Å². The first kappa shape index (κ1) is 15.3. The highest BCUT2D eigenvalue weighted by atomic mass is 32.1. The molecule has 0 aliphatic carbocycles. The predicted molar refractivity (Wildman–Crippen MR) is 88.5 cm³/mol. The van der Waals surface area contributed by atoms with Crippen LogP contribution in [0.1, 0.15) is 16.5 Å². The molecule has 0 aliphatic rings. The summed E-state index contributed by atoms with van der Waals surface area (Å²) in [6.45, 7) is 0.903. The van der Waals surface area contributed by atoms with Crippen LogP contribution in [-0.2, 0) is 6.54 Å². The Morgan fingerprint density at radius 2 is 2.14 bits per heavy atom. The lowest BCUT2D eigenvalue weighted by molar-refractivity contribution is 0.170. The number of aliphatic hydroxyl groups excluding tert-OH is 1. The molecule has 22 heavy (non-hydrogen) atoms. The number of halogens is 1. The summed E-state index contributed by atoms with van der Waals surface area (Å²) in [5, 5.41) is 18.3. The third kappa shape index (κ3) is 3.59. The normalized spacial score (nSPS) is 12.5. The molecule has 0 saturated carbocycles. The third-order valence-corrected chi connectivity index (χ3v) is 4.95. The van der Waals surface area contributed by atoms with Gasteiger partial charge in [0.2, 0.25) is 0 Å². The molecule has 2 aromatic heterocycles. The lowest BCUT2D eigenvalue weighted by Crippen LogP contribution is -2.21. The number of benzene rings is 1. The summed E-state index contributed by atoms with van der Waals surface area (Å²) in [4.78, 5) is 5.48. The summed E-state index contributed by atoms with van der Waals surface area (Å²) in [6.07, 6.45) is 0.977. The minimum absolute atomic E-state index is 0.298. The molecule has 0 spiro atoms. The number of aromatic nitrogens is 1. The molecular weight excluding hydrogens is 319 g/mol. The maximum Gasteiger partial charge on any atom is 0.129 e. The Labute approximate surface area is 136 Å². The first-order valence-electron chi connectivity index (χ1n) is 6.84. The number of thiazole rings is 1. The van der Waals surface area contributed by atoms with Gasteiger partial charge in [0.25, 0.3) is 0 Å². The topological polar surface area (TPSA) is 45.1 Å². The average Bonchev–Trinajstić information content (AvgIpc) is 3.18. The lowest BCUT2D eigenvalue weighted by Gasteiger charge is -2.12. The fourth-order valence-corrected chi connectivity index (χ4v) is 3.69. The van der Waals surface area contributed by atoms with Crippen LogP contribution in [0, 0.1) is 5.82 Å². The fraction of sp³-hybridized carbons (Fsp3) is 0.188. The molecule has 2 N–H and O–H groups in total. The first-order valence-corrected chi connectivity index (χ1v) is 8.60. The summed E-state index contributed by atoms with van der Waals surface area (Å²) >= 11 is 3.27. The van der Waals surface area contributed by atoms with Crippen LogP contribution in [0.15, 0.2) is 47.3 Å². The van der Waals surface area contributed by atoms with Gasteiger partial charge < -0.3 is 10.4 Å². The van der Waals surface area contributed by atoms with Crippen LogP contribution >= 0.6 is 22.7 Å². The fourth-order valence-electron chi connectivity index (χ4n) is 2.10. The number of nitrogens with one attached hydrogen (secondary N) is 1. The Hall–Kier alpha value is -1.60. The highest BCUT2D eigenvalue weighted by molar-refractivity contribution is 7.15. The van der Waals surface area contributed by atoms with Gasteiger partial charge in [0.05, 0.1) is 6.10 Å². The van der Waals surface area contributed by atoms with Gasteiger partial charge in [-0.2, -0.15) is 11.3 Å². The van der Waals surface area contributed by atoms with Gasteiger partial charge in [-0.1, -0.05) is 18.2 Å². The van der Waals surface area contributed by atoms with Crippen molar-refractivity contribution in [3.05, 3.63) is 63.5 Å². The Kier molecular flexibility index (Phi) is 4.94. The van der Waals surface area contributed by atoms with Crippen LogP contribution in [0.4, 0.5) is 4.39 Å². The molecule has 3 nitrogen and oxygen atoms in total. The van der Waals surface area contributed by atoms with E-state index in [4.69, 9.17) is 0 Å². The molecule has 0 radical (unpaired) electrons. The zero-order valence-electron chi connectivity index (χ0n) is 11.7. The third-order valence-electron chi connectivity index (χ3n) is 3.22. The molecular formula is C16H15FN2OS2. The zero-order valence-corrected chi connectivity index (χ0v) is 13.3. The molecule has 3 rings (SSSR count). The van der Waals surface area contributed by atoms with Crippen molar-refractivity contribution in [2.45, 2.75) is 12.6 Å². The largest absolute Gasteiger partial charge is 0.387 e. The van der Waals surface area contributed by atoms with Crippen molar-refractivity contribution in [2.24, 2.45) is 0 Å². The number of aliphatic hydroxyl groups is 1. The van der Waals surface area contributed by atoms with E-state index in [-0.39, 0.29) is 5.82 Å². The molecule has 3 aromatic rings. The van der Waals surface area contributed by atoms with Gasteiger partial charge in [0.1, 0.15) is 10.8 Å².